The van der Waals surface area contributed by atoms with E-state index in [-0.39, 0.29) is 24.4 Å². The monoisotopic (exact) mass is 582 g/mol. The summed E-state index contributed by atoms with van der Waals surface area (Å²) in [5.74, 6) is -1.06. The molecule has 0 radical (unpaired) electrons. The van der Waals surface area contributed by atoms with Gasteiger partial charge in [-0.05, 0) is 71.7 Å². The lowest BCUT2D eigenvalue weighted by Crippen LogP contribution is -2.46. The Balaban J connectivity index is 1.38. The van der Waals surface area contributed by atoms with Gasteiger partial charge in [0.15, 0.2) is 0 Å². The molecule has 41 heavy (non-hydrogen) atoms. The summed E-state index contributed by atoms with van der Waals surface area (Å²) in [5.41, 5.74) is 4.98. The summed E-state index contributed by atoms with van der Waals surface area (Å²) >= 11 is 12.6. The molecule has 1 heterocycles. The third-order valence-corrected chi connectivity index (χ3v) is 8.85. The fraction of sp³-hybridized carbons (Fsp3) is 0.206. The van der Waals surface area contributed by atoms with Crippen molar-refractivity contribution in [2.75, 3.05) is 6.54 Å². The SMILES string of the molecule is O=C1c2ccccc2C(=O)N1CC(=O)N(Cc1ccccc1)C1c2ccccc2CCC1Cc1ccc(Cl)c(Cl)c1. The van der Waals surface area contributed by atoms with Gasteiger partial charge in [-0.25, -0.2) is 0 Å². The van der Waals surface area contributed by atoms with Gasteiger partial charge in [0.1, 0.15) is 6.54 Å². The van der Waals surface area contributed by atoms with Crippen LogP contribution in [0.1, 0.15) is 55.4 Å². The molecule has 0 N–H and O–H groups in total. The molecule has 4 aromatic carbocycles. The Labute approximate surface area is 249 Å². The van der Waals surface area contributed by atoms with E-state index in [1.807, 2.05) is 59.5 Å². The molecule has 0 fully saturated rings. The molecule has 5 nitrogen and oxygen atoms in total. The first-order valence-electron chi connectivity index (χ1n) is 13.7. The van der Waals surface area contributed by atoms with E-state index in [0.717, 1.165) is 34.4 Å². The maximum absolute atomic E-state index is 14.3. The standard InChI is InChI=1S/C34H28Cl2N2O3/c35-29-17-14-23(19-30(29)36)18-25-16-15-24-10-4-5-11-26(24)32(25)37(20-22-8-2-1-3-9-22)31(39)21-38-33(40)27-12-6-7-13-28(27)34(38)41/h1-14,17,19,25,32H,15-16,18,20-21H2. The zero-order valence-electron chi connectivity index (χ0n) is 22.3. The van der Waals surface area contributed by atoms with Crippen molar-refractivity contribution in [3.8, 4) is 0 Å². The highest BCUT2D eigenvalue weighted by Gasteiger charge is 2.41. The number of nitrogens with zero attached hydrogens (tertiary/aromatic N) is 2. The van der Waals surface area contributed by atoms with Crippen LogP contribution in [0.25, 0.3) is 0 Å². The van der Waals surface area contributed by atoms with Crippen molar-refractivity contribution < 1.29 is 14.4 Å². The molecule has 4 aromatic rings. The molecule has 2 aliphatic rings. The van der Waals surface area contributed by atoms with Crippen LogP contribution in [0, 0.1) is 5.92 Å². The molecule has 206 valence electrons. The van der Waals surface area contributed by atoms with Crippen LogP contribution in [0.5, 0.6) is 0 Å². The molecule has 0 aromatic heterocycles. The lowest BCUT2D eigenvalue weighted by Gasteiger charge is -2.42. The highest BCUT2D eigenvalue weighted by atomic mass is 35.5. The van der Waals surface area contributed by atoms with Gasteiger partial charge in [0.05, 0.1) is 27.2 Å². The van der Waals surface area contributed by atoms with E-state index in [4.69, 9.17) is 23.2 Å². The summed E-state index contributed by atoms with van der Waals surface area (Å²) in [6.45, 7) is 0.0249. The Morgan fingerprint density at radius 3 is 2.15 bits per heavy atom. The second-order valence-electron chi connectivity index (χ2n) is 10.6. The summed E-state index contributed by atoms with van der Waals surface area (Å²) in [5, 5.41) is 1.00. The average molecular weight is 584 g/mol. The molecule has 0 spiro atoms. The molecule has 0 saturated carbocycles. The molecular weight excluding hydrogens is 555 g/mol. The average Bonchev–Trinajstić information content (AvgIpc) is 3.23. The molecule has 2 atom stereocenters. The first-order valence-corrected chi connectivity index (χ1v) is 14.5. The summed E-state index contributed by atoms with van der Waals surface area (Å²) < 4.78 is 0. The number of aryl methyl sites for hydroxylation is 1. The lowest BCUT2D eigenvalue weighted by molar-refractivity contribution is -0.136. The first kappa shape index (κ1) is 27.3. The van der Waals surface area contributed by atoms with Crippen LogP contribution in [0.2, 0.25) is 10.0 Å². The quantitative estimate of drug-likeness (QED) is 0.217. The van der Waals surface area contributed by atoms with Crippen molar-refractivity contribution in [1.29, 1.82) is 0 Å². The number of imide groups is 1. The Hall–Kier alpha value is -3.93. The lowest BCUT2D eigenvalue weighted by atomic mass is 9.76. The minimum absolute atomic E-state index is 0.0805. The zero-order valence-corrected chi connectivity index (χ0v) is 23.8. The summed E-state index contributed by atoms with van der Waals surface area (Å²) in [6.07, 6.45) is 2.46. The largest absolute Gasteiger partial charge is 0.329 e. The molecular formula is C34H28Cl2N2O3. The molecule has 0 saturated heterocycles. The third kappa shape index (κ3) is 5.40. The fourth-order valence-corrected chi connectivity index (χ4v) is 6.46. The predicted molar refractivity (Wildman–Crippen MR) is 160 cm³/mol. The number of carbonyl (C=O) groups excluding carboxylic acids is 3. The Bertz CT molecular complexity index is 1600. The number of hydrogen-bond donors (Lipinski definition) is 0. The Morgan fingerprint density at radius 2 is 1.44 bits per heavy atom. The molecule has 2 unspecified atom stereocenters. The van der Waals surface area contributed by atoms with E-state index in [0.29, 0.717) is 34.1 Å². The number of halogens is 2. The topological polar surface area (TPSA) is 57.7 Å². The fourth-order valence-electron chi connectivity index (χ4n) is 6.14. The van der Waals surface area contributed by atoms with Crippen LogP contribution in [-0.4, -0.2) is 34.1 Å². The minimum Gasteiger partial charge on any atom is -0.329 e. The minimum atomic E-state index is -0.435. The number of carbonyl (C=O) groups is 3. The highest BCUT2D eigenvalue weighted by molar-refractivity contribution is 6.42. The molecule has 7 heteroatoms. The molecule has 3 amide bonds. The summed E-state index contributed by atoms with van der Waals surface area (Å²) in [4.78, 5) is 43.6. The van der Waals surface area contributed by atoms with Gasteiger partial charge in [0, 0.05) is 6.54 Å². The van der Waals surface area contributed by atoms with Crippen molar-refractivity contribution in [2.45, 2.75) is 31.8 Å². The van der Waals surface area contributed by atoms with Gasteiger partial charge in [0.25, 0.3) is 11.8 Å². The highest BCUT2D eigenvalue weighted by Crippen LogP contribution is 2.42. The number of rotatable bonds is 7. The Morgan fingerprint density at radius 1 is 0.780 bits per heavy atom. The van der Waals surface area contributed by atoms with Gasteiger partial charge in [0.2, 0.25) is 5.91 Å². The van der Waals surface area contributed by atoms with Crippen LogP contribution in [0.4, 0.5) is 0 Å². The zero-order chi connectivity index (χ0) is 28.5. The van der Waals surface area contributed by atoms with Gasteiger partial charge >= 0.3 is 0 Å². The van der Waals surface area contributed by atoms with Crippen LogP contribution < -0.4 is 0 Å². The van der Waals surface area contributed by atoms with Gasteiger partial charge in [-0.3, -0.25) is 19.3 Å². The number of fused-ring (bicyclic) bond motifs is 2. The second-order valence-corrected chi connectivity index (χ2v) is 11.5. The summed E-state index contributed by atoms with van der Waals surface area (Å²) in [6, 6.07) is 30.2. The van der Waals surface area contributed by atoms with E-state index in [2.05, 4.69) is 12.1 Å². The van der Waals surface area contributed by atoms with E-state index < -0.39 is 11.8 Å². The van der Waals surface area contributed by atoms with Gasteiger partial charge in [-0.2, -0.15) is 0 Å². The van der Waals surface area contributed by atoms with Gasteiger partial charge in [-0.15, -0.1) is 0 Å². The van der Waals surface area contributed by atoms with Crippen molar-refractivity contribution in [2.24, 2.45) is 5.92 Å². The molecule has 0 bridgehead atoms. The van der Waals surface area contributed by atoms with Gasteiger partial charge in [-0.1, -0.05) is 96.0 Å². The smallest absolute Gasteiger partial charge is 0.262 e. The molecule has 6 rings (SSSR count). The van der Waals surface area contributed by atoms with Crippen molar-refractivity contribution in [3.63, 3.8) is 0 Å². The van der Waals surface area contributed by atoms with Crippen LogP contribution in [0.3, 0.4) is 0 Å². The first-order chi connectivity index (χ1) is 19.9. The number of amides is 3. The molecule has 1 aliphatic carbocycles. The maximum Gasteiger partial charge on any atom is 0.262 e. The second kappa shape index (κ2) is 11.5. The summed E-state index contributed by atoms with van der Waals surface area (Å²) in [7, 11) is 0. The van der Waals surface area contributed by atoms with Crippen molar-refractivity contribution in [3.05, 3.63) is 140 Å². The van der Waals surface area contributed by atoms with Crippen LogP contribution >= 0.6 is 23.2 Å². The van der Waals surface area contributed by atoms with E-state index in [1.165, 1.54) is 5.56 Å². The normalized spacial score (nSPS) is 17.8. The van der Waals surface area contributed by atoms with Gasteiger partial charge < -0.3 is 4.90 Å². The van der Waals surface area contributed by atoms with E-state index in [1.54, 1.807) is 30.3 Å². The Kier molecular flexibility index (Phi) is 7.65. The van der Waals surface area contributed by atoms with E-state index >= 15 is 0 Å². The van der Waals surface area contributed by atoms with Crippen LogP contribution in [-0.2, 0) is 24.2 Å². The predicted octanol–water partition coefficient (Wildman–Crippen LogP) is 7.16. The number of benzene rings is 4. The van der Waals surface area contributed by atoms with Crippen LogP contribution in [0.15, 0.2) is 97.1 Å². The maximum atomic E-state index is 14.3. The number of hydrogen-bond acceptors (Lipinski definition) is 3. The third-order valence-electron chi connectivity index (χ3n) is 8.11. The van der Waals surface area contributed by atoms with E-state index in [9.17, 15) is 14.4 Å². The van der Waals surface area contributed by atoms with Crippen molar-refractivity contribution in [1.82, 2.24) is 9.80 Å². The van der Waals surface area contributed by atoms with Crippen molar-refractivity contribution >= 4 is 40.9 Å². The molecule has 1 aliphatic heterocycles.